The van der Waals surface area contributed by atoms with E-state index in [1.165, 1.54) is 6.33 Å². The maximum absolute atomic E-state index is 12.4. The van der Waals surface area contributed by atoms with Crippen LogP contribution in [0, 0.1) is 11.3 Å². The molecule has 1 fully saturated rings. The minimum atomic E-state index is -1.10. The number of nitrogen functional groups attached to an aromatic ring is 1. The molecule has 1 aliphatic rings. The Morgan fingerprint density at radius 2 is 2.17 bits per heavy atom. The van der Waals surface area contributed by atoms with Crippen LogP contribution in [0.15, 0.2) is 24.8 Å². The third kappa shape index (κ3) is 3.14. The average molecular weight is 414 g/mol. The molecule has 0 amide bonds. The van der Waals surface area contributed by atoms with Crippen molar-refractivity contribution in [2.75, 3.05) is 18.8 Å². The molecule has 0 saturated carbocycles. The second-order valence-corrected chi connectivity index (χ2v) is 9.45. The maximum atomic E-state index is 12.4. The third-order valence-electron chi connectivity index (χ3n) is 5.20. The molecule has 3 aromatic rings. The molecule has 0 aliphatic carbocycles. The summed E-state index contributed by atoms with van der Waals surface area (Å²) < 4.78 is 17.5. The van der Waals surface area contributed by atoms with Crippen LogP contribution in [0.25, 0.3) is 22.3 Å². The third-order valence-corrected chi connectivity index (χ3v) is 6.77. The van der Waals surface area contributed by atoms with Crippen molar-refractivity contribution in [3.05, 3.63) is 24.8 Å². The van der Waals surface area contributed by atoms with Crippen LogP contribution < -0.4 is 5.73 Å². The van der Waals surface area contributed by atoms with Gasteiger partial charge in [0.15, 0.2) is 5.82 Å². The largest absolute Gasteiger partial charge is 0.598 e. The highest BCUT2D eigenvalue weighted by Crippen LogP contribution is 2.38. The summed E-state index contributed by atoms with van der Waals surface area (Å²) in [4.78, 5) is 8.60. The van der Waals surface area contributed by atoms with Crippen molar-refractivity contribution in [2.45, 2.75) is 37.8 Å². The summed E-state index contributed by atoms with van der Waals surface area (Å²) in [5.74, 6) is 0.294. The molecule has 0 spiro atoms. The van der Waals surface area contributed by atoms with Gasteiger partial charge in [-0.3, -0.25) is 4.68 Å². The molecule has 29 heavy (non-hydrogen) atoms. The van der Waals surface area contributed by atoms with E-state index >= 15 is 0 Å². The first-order valence-electron chi connectivity index (χ1n) is 9.19. The minimum Gasteiger partial charge on any atom is -0.598 e. The molecule has 10 nitrogen and oxygen atoms in total. The minimum absolute atomic E-state index is 0.0122. The fourth-order valence-electron chi connectivity index (χ4n) is 3.67. The highest BCUT2D eigenvalue weighted by atomic mass is 32.2. The number of nitrogens with zero attached hydrogens (tertiary/aromatic N) is 7. The predicted molar refractivity (Wildman–Crippen MR) is 108 cm³/mol. The molecule has 0 bridgehead atoms. The van der Waals surface area contributed by atoms with E-state index in [-0.39, 0.29) is 18.4 Å². The fraction of sp³-hybridized carbons (Fsp3) is 0.444. The lowest BCUT2D eigenvalue weighted by Gasteiger charge is -2.47. The van der Waals surface area contributed by atoms with E-state index in [2.05, 4.69) is 21.1 Å². The first kappa shape index (κ1) is 19.7. The van der Waals surface area contributed by atoms with E-state index in [1.54, 1.807) is 21.6 Å². The lowest BCUT2D eigenvalue weighted by Crippen LogP contribution is -2.65. The molecule has 4 rings (SSSR count). The summed E-state index contributed by atoms with van der Waals surface area (Å²) in [7, 11) is 0. The number of nitriles is 1. The fourth-order valence-corrected chi connectivity index (χ4v) is 5.00. The number of anilines is 1. The molecule has 1 saturated heterocycles. The Balaban J connectivity index is 1.71. The molecule has 4 heterocycles. The molecule has 3 N–H and O–H groups in total. The summed E-state index contributed by atoms with van der Waals surface area (Å²) >= 11 is -1.10. The Morgan fingerprint density at radius 1 is 1.41 bits per heavy atom. The van der Waals surface area contributed by atoms with Crippen molar-refractivity contribution in [3.8, 4) is 17.3 Å². The van der Waals surface area contributed by atoms with Crippen molar-refractivity contribution in [2.24, 2.45) is 0 Å². The number of nitrogens with two attached hydrogens (primary N) is 1. The number of aliphatic hydroxyl groups excluding tert-OH is 1. The first-order chi connectivity index (χ1) is 13.9. The lowest BCUT2D eigenvalue weighted by molar-refractivity contribution is 0.0714. The summed E-state index contributed by atoms with van der Waals surface area (Å²) in [5, 5.41) is 24.1. The predicted octanol–water partition coefficient (Wildman–Crippen LogP) is 0.823. The van der Waals surface area contributed by atoms with E-state index in [0.717, 1.165) is 5.39 Å². The molecule has 0 aromatic carbocycles. The van der Waals surface area contributed by atoms with Gasteiger partial charge in [0.05, 0.1) is 36.8 Å². The van der Waals surface area contributed by atoms with Crippen LogP contribution in [0.5, 0.6) is 0 Å². The van der Waals surface area contributed by atoms with E-state index in [0.29, 0.717) is 35.8 Å². The summed E-state index contributed by atoms with van der Waals surface area (Å²) in [5.41, 5.74) is 7.48. The van der Waals surface area contributed by atoms with E-state index in [4.69, 9.17) is 5.73 Å². The van der Waals surface area contributed by atoms with Gasteiger partial charge in [-0.25, -0.2) is 9.97 Å². The molecule has 152 valence electrons. The zero-order chi connectivity index (χ0) is 20.8. The zero-order valence-electron chi connectivity index (χ0n) is 16.2. The van der Waals surface area contributed by atoms with Crippen LogP contribution >= 0.6 is 0 Å². The van der Waals surface area contributed by atoms with E-state index in [9.17, 15) is 14.9 Å². The topological polar surface area (TPSA) is 145 Å². The monoisotopic (exact) mass is 414 g/mol. The number of hydrogen-bond donors (Lipinski definition) is 2. The van der Waals surface area contributed by atoms with Gasteiger partial charge in [-0.15, -0.1) is 4.31 Å². The van der Waals surface area contributed by atoms with Crippen LogP contribution in [0.2, 0.25) is 0 Å². The molecule has 3 aromatic heterocycles. The van der Waals surface area contributed by atoms with Crippen molar-refractivity contribution in [3.63, 3.8) is 0 Å². The number of aliphatic hydroxyl groups is 1. The summed E-state index contributed by atoms with van der Waals surface area (Å²) in [6.45, 7) is 4.55. The summed E-state index contributed by atoms with van der Waals surface area (Å²) in [6, 6.07) is 4.04. The zero-order valence-corrected chi connectivity index (χ0v) is 17.0. The molecular weight excluding hydrogens is 392 g/mol. The van der Waals surface area contributed by atoms with Gasteiger partial charge in [0.1, 0.15) is 29.5 Å². The number of rotatable bonds is 6. The SMILES string of the molecule is CC(C)[S+]([O-])N1CC(CC#N)(n2cc(-c3ncnc4c3ccn4CO)c(N)n2)C1. The van der Waals surface area contributed by atoms with Crippen molar-refractivity contribution >= 4 is 28.2 Å². The smallest absolute Gasteiger partial charge is 0.154 e. The molecule has 1 aliphatic heterocycles. The van der Waals surface area contributed by atoms with Crippen LogP contribution in [-0.2, 0) is 23.6 Å². The molecule has 11 heteroatoms. The molecule has 0 radical (unpaired) electrons. The number of fused-ring (bicyclic) bond motifs is 1. The van der Waals surface area contributed by atoms with E-state index in [1.807, 2.05) is 24.2 Å². The van der Waals surface area contributed by atoms with Gasteiger partial charge >= 0.3 is 0 Å². The van der Waals surface area contributed by atoms with Crippen molar-refractivity contribution < 1.29 is 9.66 Å². The van der Waals surface area contributed by atoms with Gasteiger partial charge in [0, 0.05) is 29.1 Å². The second kappa shape index (κ2) is 7.31. The van der Waals surface area contributed by atoms with Crippen molar-refractivity contribution in [1.29, 1.82) is 5.26 Å². The Bertz CT molecular complexity index is 1080. The highest BCUT2D eigenvalue weighted by Gasteiger charge is 2.51. The van der Waals surface area contributed by atoms with E-state index < -0.39 is 16.9 Å². The van der Waals surface area contributed by atoms with Crippen LogP contribution in [-0.4, -0.2) is 56.6 Å². The normalized spacial score (nSPS) is 17.4. The lowest BCUT2D eigenvalue weighted by atomic mass is 9.89. The van der Waals surface area contributed by atoms with Gasteiger partial charge in [-0.05, 0) is 19.9 Å². The Labute approximate surface area is 170 Å². The molecular formula is C18H22N8O2S. The quantitative estimate of drug-likeness (QED) is 0.564. The standard InChI is InChI=1S/C18H22N8O2S/c1-12(2)29(28)25-8-18(9-25,4-5-19)26-7-14(16(20)23-26)15-13-3-6-24(11-27)17(13)22-10-21-15/h3,6-7,10,12,27H,4,8-9,11H2,1-2H3,(H2,20,23). The average Bonchev–Trinajstić information content (AvgIpc) is 3.27. The van der Waals surface area contributed by atoms with Gasteiger partial charge < -0.3 is 20.0 Å². The van der Waals surface area contributed by atoms with Gasteiger partial charge in [0.2, 0.25) is 0 Å². The maximum Gasteiger partial charge on any atom is 0.154 e. The highest BCUT2D eigenvalue weighted by molar-refractivity contribution is 7.89. The molecule has 1 unspecified atom stereocenters. The van der Waals surface area contributed by atoms with Crippen molar-refractivity contribution in [1.82, 2.24) is 28.6 Å². The van der Waals surface area contributed by atoms with Gasteiger partial charge in [0.25, 0.3) is 0 Å². The Morgan fingerprint density at radius 3 is 2.83 bits per heavy atom. The number of aromatic nitrogens is 5. The van der Waals surface area contributed by atoms with Gasteiger partial charge in [-0.1, -0.05) is 0 Å². The summed E-state index contributed by atoms with van der Waals surface area (Å²) in [6.07, 6.45) is 5.17. The Kier molecular flexibility index (Phi) is 4.95. The molecule has 1 atom stereocenters. The van der Waals surface area contributed by atoms with Crippen LogP contribution in [0.4, 0.5) is 5.82 Å². The Hall–Kier alpha value is -2.65. The van der Waals surface area contributed by atoms with Crippen LogP contribution in [0.1, 0.15) is 20.3 Å². The number of hydrogen-bond acceptors (Lipinski definition) is 8. The van der Waals surface area contributed by atoms with Gasteiger partial charge in [-0.2, -0.15) is 10.4 Å². The second-order valence-electron chi connectivity index (χ2n) is 7.44. The first-order valence-corrected chi connectivity index (χ1v) is 10.4. The van der Waals surface area contributed by atoms with Crippen LogP contribution in [0.3, 0.4) is 0 Å².